The molecule has 4 nitrogen and oxygen atoms in total. The van der Waals surface area contributed by atoms with Crippen LogP contribution in [0.25, 0.3) is 0 Å². The lowest BCUT2D eigenvalue weighted by atomic mass is 10.1. The molecule has 1 amide bonds. The number of hydrogen-bond acceptors (Lipinski definition) is 4. The monoisotopic (exact) mass is 308 g/mol. The second kappa shape index (κ2) is 7.71. The fourth-order valence-electron chi connectivity index (χ4n) is 2.69. The fourth-order valence-corrected chi connectivity index (χ4v) is 3.47. The molecular formula is C16H24N2O2S. The molecule has 0 saturated carbocycles. The molecule has 1 aromatic carbocycles. The zero-order chi connectivity index (χ0) is 15.2. The third-order valence-electron chi connectivity index (χ3n) is 3.81. The Hall–Kier alpha value is -1.20. The van der Waals surface area contributed by atoms with E-state index in [2.05, 4.69) is 6.92 Å². The summed E-state index contributed by atoms with van der Waals surface area (Å²) in [5.74, 6) is 2.01. The van der Waals surface area contributed by atoms with Gasteiger partial charge in [-0.25, -0.2) is 0 Å². The van der Waals surface area contributed by atoms with Gasteiger partial charge in [0.25, 0.3) is 0 Å². The van der Waals surface area contributed by atoms with E-state index in [1.165, 1.54) is 0 Å². The van der Waals surface area contributed by atoms with Crippen molar-refractivity contribution >= 4 is 17.7 Å². The third-order valence-corrected chi connectivity index (χ3v) is 4.81. The number of ether oxygens (including phenoxy) is 1. The van der Waals surface area contributed by atoms with Gasteiger partial charge in [-0.1, -0.05) is 0 Å². The topological polar surface area (TPSA) is 55.6 Å². The van der Waals surface area contributed by atoms with Gasteiger partial charge in [-0.05, 0) is 57.0 Å². The van der Waals surface area contributed by atoms with Crippen LogP contribution in [0.5, 0.6) is 5.75 Å². The van der Waals surface area contributed by atoms with Gasteiger partial charge in [0.15, 0.2) is 0 Å². The standard InChI is InChI=1S/C16H24N2O2S/c1-3-20-14-4-6-15(7-5-14)21-11-16(19)18-10-13(9-17)8-12(18)2/h4-7,12-13H,3,8-11,17H2,1-2H3. The van der Waals surface area contributed by atoms with Crippen LogP contribution in [0.2, 0.25) is 0 Å². The molecule has 2 atom stereocenters. The van der Waals surface area contributed by atoms with Gasteiger partial charge < -0.3 is 15.4 Å². The molecule has 116 valence electrons. The molecular weight excluding hydrogens is 284 g/mol. The minimum Gasteiger partial charge on any atom is -0.494 e. The zero-order valence-corrected chi connectivity index (χ0v) is 13.6. The van der Waals surface area contributed by atoms with Gasteiger partial charge in [0.1, 0.15) is 5.75 Å². The van der Waals surface area contributed by atoms with Crippen LogP contribution in [0, 0.1) is 5.92 Å². The van der Waals surface area contributed by atoms with Crippen molar-refractivity contribution in [2.75, 3.05) is 25.4 Å². The molecule has 2 unspecified atom stereocenters. The molecule has 0 bridgehead atoms. The first-order valence-electron chi connectivity index (χ1n) is 7.49. The van der Waals surface area contributed by atoms with Crippen molar-refractivity contribution < 1.29 is 9.53 Å². The number of likely N-dealkylation sites (tertiary alicyclic amines) is 1. The lowest BCUT2D eigenvalue weighted by Gasteiger charge is -2.21. The van der Waals surface area contributed by atoms with E-state index in [0.29, 0.717) is 30.9 Å². The predicted octanol–water partition coefficient (Wildman–Crippen LogP) is 2.37. The third kappa shape index (κ3) is 4.38. The summed E-state index contributed by atoms with van der Waals surface area (Å²) in [6, 6.07) is 8.20. The van der Waals surface area contributed by atoms with Crippen molar-refractivity contribution in [3.8, 4) is 5.75 Å². The summed E-state index contributed by atoms with van der Waals surface area (Å²) in [5.41, 5.74) is 5.71. The van der Waals surface area contributed by atoms with E-state index in [0.717, 1.165) is 23.6 Å². The molecule has 2 N–H and O–H groups in total. The number of carbonyl (C=O) groups is 1. The van der Waals surface area contributed by atoms with Gasteiger partial charge in [-0.15, -0.1) is 11.8 Å². The Morgan fingerprint density at radius 2 is 2.14 bits per heavy atom. The molecule has 5 heteroatoms. The van der Waals surface area contributed by atoms with Gasteiger partial charge >= 0.3 is 0 Å². The summed E-state index contributed by atoms with van der Waals surface area (Å²) in [7, 11) is 0. The summed E-state index contributed by atoms with van der Waals surface area (Å²) >= 11 is 1.58. The van der Waals surface area contributed by atoms with Crippen LogP contribution in [0.15, 0.2) is 29.2 Å². The van der Waals surface area contributed by atoms with Gasteiger partial charge in [-0.2, -0.15) is 0 Å². The second-order valence-electron chi connectivity index (χ2n) is 5.43. The average Bonchev–Trinajstić information content (AvgIpc) is 2.88. The Bertz CT molecular complexity index is 464. The smallest absolute Gasteiger partial charge is 0.233 e. The van der Waals surface area contributed by atoms with E-state index in [1.807, 2.05) is 36.1 Å². The number of rotatable bonds is 6. The van der Waals surface area contributed by atoms with Crippen molar-refractivity contribution in [2.24, 2.45) is 11.7 Å². The minimum absolute atomic E-state index is 0.206. The highest BCUT2D eigenvalue weighted by atomic mass is 32.2. The molecule has 1 fully saturated rings. The molecule has 0 spiro atoms. The largest absolute Gasteiger partial charge is 0.494 e. The van der Waals surface area contributed by atoms with E-state index in [9.17, 15) is 4.79 Å². The van der Waals surface area contributed by atoms with Crippen molar-refractivity contribution in [2.45, 2.75) is 31.2 Å². The number of nitrogens with two attached hydrogens (primary N) is 1. The molecule has 1 heterocycles. The highest BCUT2D eigenvalue weighted by molar-refractivity contribution is 8.00. The van der Waals surface area contributed by atoms with Crippen LogP contribution in [0.3, 0.4) is 0 Å². The second-order valence-corrected chi connectivity index (χ2v) is 6.47. The molecule has 1 aromatic rings. The molecule has 1 saturated heterocycles. The SMILES string of the molecule is CCOc1ccc(SCC(=O)N2CC(CN)CC2C)cc1. The number of amides is 1. The van der Waals surface area contributed by atoms with E-state index < -0.39 is 0 Å². The van der Waals surface area contributed by atoms with Crippen molar-refractivity contribution in [1.29, 1.82) is 0 Å². The van der Waals surface area contributed by atoms with Gasteiger partial charge in [0.2, 0.25) is 5.91 Å². The van der Waals surface area contributed by atoms with Crippen molar-refractivity contribution in [1.82, 2.24) is 4.90 Å². The summed E-state index contributed by atoms with van der Waals surface area (Å²) in [5, 5.41) is 0. The highest BCUT2D eigenvalue weighted by Gasteiger charge is 2.31. The summed E-state index contributed by atoms with van der Waals surface area (Å²) in [6.45, 7) is 6.21. The Labute approximate surface area is 131 Å². The van der Waals surface area contributed by atoms with E-state index in [-0.39, 0.29) is 5.91 Å². The summed E-state index contributed by atoms with van der Waals surface area (Å²) < 4.78 is 5.41. The lowest BCUT2D eigenvalue weighted by molar-refractivity contribution is -0.128. The van der Waals surface area contributed by atoms with Crippen LogP contribution in [-0.4, -0.2) is 42.3 Å². The molecule has 0 radical (unpaired) electrons. The maximum atomic E-state index is 12.3. The molecule has 2 rings (SSSR count). The summed E-state index contributed by atoms with van der Waals surface area (Å²) in [6.07, 6.45) is 1.02. The zero-order valence-electron chi connectivity index (χ0n) is 12.7. The molecule has 1 aliphatic rings. The van der Waals surface area contributed by atoms with Crippen LogP contribution in [0.4, 0.5) is 0 Å². The van der Waals surface area contributed by atoms with Crippen molar-refractivity contribution in [3.05, 3.63) is 24.3 Å². The molecule has 1 aliphatic heterocycles. The Kier molecular flexibility index (Phi) is 5.94. The highest BCUT2D eigenvalue weighted by Crippen LogP contribution is 2.25. The number of thioether (sulfide) groups is 1. The summed E-state index contributed by atoms with van der Waals surface area (Å²) in [4.78, 5) is 15.4. The van der Waals surface area contributed by atoms with E-state index in [1.54, 1.807) is 11.8 Å². The lowest BCUT2D eigenvalue weighted by Crippen LogP contribution is -2.35. The van der Waals surface area contributed by atoms with Gasteiger partial charge in [0, 0.05) is 17.5 Å². The Morgan fingerprint density at radius 1 is 1.43 bits per heavy atom. The van der Waals surface area contributed by atoms with E-state index in [4.69, 9.17) is 10.5 Å². The van der Waals surface area contributed by atoms with Crippen molar-refractivity contribution in [3.63, 3.8) is 0 Å². The van der Waals surface area contributed by atoms with Crippen LogP contribution < -0.4 is 10.5 Å². The number of benzene rings is 1. The number of nitrogens with zero attached hydrogens (tertiary/aromatic N) is 1. The van der Waals surface area contributed by atoms with Gasteiger partial charge in [0.05, 0.1) is 12.4 Å². The van der Waals surface area contributed by atoms with Crippen LogP contribution in [0.1, 0.15) is 20.3 Å². The molecule has 0 aliphatic carbocycles. The van der Waals surface area contributed by atoms with Crippen LogP contribution >= 0.6 is 11.8 Å². The maximum absolute atomic E-state index is 12.3. The van der Waals surface area contributed by atoms with Gasteiger partial charge in [-0.3, -0.25) is 4.79 Å². The predicted molar refractivity (Wildman–Crippen MR) is 86.7 cm³/mol. The Balaban J connectivity index is 1.83. The normalized spacial score (nSPS) is 21.6. The fraction of sp³-hybridized carbons (Fsp3) is 0.562. The number of hydrogen-bond donors (Lipinski definition) is 1. The first-order valence-corrected chi connectivity index (χ1v) is 8.47. The molecule has 0 aromatic heterocycles. The van der Waals surface area contributed by atoms with Crippen LogP contribution in [-0.2, 0) is 4.79 Å². The Morgan fingerprint density at radius 3 is 2.71 bits per heavy atom. The van der Waals surface area contributed by atoms with E-state index >= 15 is 0 Å². The minimum atomic E-state index is 0.206. The first-order chi connectivity index (χ1) is 10.1. The quantitative estimate of drug-likeness (QED) is 0.820. The molecule has 21 heavy (non-hydrogen) atoms. The average molecular weight is 308 g/mol. The number of carbonyl (C=O) groups excluding carboxylic acids is 1. The first kappa shape index (κ1) is 16.2. The maximum Gasteiger partial charge on any atom is 0.233 e.